The molecular formula is C14H18N2. The van der Waals surface area contributed by atoms with Crippen molar-refractivity contribution < 1.29 is 0 Å². The van der Waals surface area contributed by atoms with Crippen molar-refractivity contribution in [1.82, 2.24) is 9.88 Å². The van der Waals surface area contributed by atoms with Crippen LogP contribution < -0.4 is 5.32 Å². The van der Waals surface area contributed by atoms with Gasteiger partial charge in [0.15, 0.2) is 0 Å². The second kappa shape index (κ2) is 3.63. The second-order valence-electron chi connectivity index (χ2n) is 4.81. The number of fused-ring (bicyclic) bond motifs is 3. The van der Waals surface area contributed by atoms with Gasteiger partial charge in [-0.3, -0.25) is 0 Å². The van der Waals surface area contributed by atoms with Crippen LogP contribution in [0.2, 0.25) is 0 Å². The van der Waals surface area contributed by atoms with Gasteiger partial charge in [-0.15, -0.1) is 0 Å². The number of aryl methyl sites for hydroxylation is 1. The fourth-order valence-electron chi connectivity index (χ4n) is 2.87. The molecular weight excluding hydrogens is 196 g/mol. The van der Waals surface area contributed by atoms with E-state index < -0.39 is 0 Å². The molecule has 2 nitrogen and oxygen atoms in total. The van der Waals surface area contributed by atoms with E-state index in [2.05, 4.69) is 48.1 Å². The maximum Gasteiger partial charge on any atom is 0.0482 e. The first-order valence-electron chi connectivity index (χ1n) is 6.06. The molecule has 1 aromatic carbocycles. The molecule has 3 rings (SSSR count). The van der Waals surface area contributed by atoms with Gasteiger partial charge in [0, 0.05) is 36.1 Å². The molecule has 16 heavy (non-hydrogen) atoms. The Morgan fingerprint density at radius 3 is 3.00 bits per heavy atom. The van der Waals surface area contributed by atoms with Crippen molar-refractivity contribution in [1.29, 1.82) is 0 Å². The van der Waals surface area contributed by atoms with Crippen molar-refractivity contribution in [3.63, 3.8) is 0 Å². The van der Waals surface area contributed by atoms with Crippen LogP contribution in [0.15, 0.2) is 24.3 Å². The molecule has 0 aliphatic carbocycles. The Labute approximate surface area is 96.3 Å². The molecule has 2 aromatic rings. The van der Waals surface area contributed by atoms with Gasteiger partial charge in [0.25, 0.3) is 0 Å². The zero-order valence-electron chi connectivity index (χ0n) is 9.96. The number of benzene rings is 1. The van der Waals surface area contributed by atoms with Crippen LogP contribution >= 0.6 is 0 Å². The topological polar surface area (TPSA) is 17.0 Å². The summed E-state index contributed by atoms with van der Waals surface area (Å²) in [6.07, 6.45) is 2.29. The molecule has 0 fully saturated rings. The van der Waals surface area contributed by atoms with Gasteiger partial charge in [-0.25, -0.2) is 0 Å². The van der Waals surface area contributed by atoms with Gasteiger partial charge < -0.3 is 9.88 Å². The number of nitrogens with zero attached hydrogens (tertiary/aromatic N) is 1. The van der Waals surface area contributed by atoms with E-state index in [0.717, 1.165) is 19.4 Å². The van der Waals surface area contributed by atoms with E-state index in [4.69, 9.17) is 0 Å². The van der Waals surface area contributed by atoms with Crippen LogP contribution in [0.3, 0.4) is 0 Å². The van der Waals surface area contributed by atoms with Crippen LogP contribution in [0.25, 0.3) is 10.9 Å². The van der Waals surface area contributed by atoms with E-state index in [0.29, 0.717) is 6.04 Å². The normalized spacial score (nSPS) is 20.8. The number of nitrogens with one attached hydrogen (secondary N) is 1. The Balaban J connectivity index is 2.27. The molecule has 1 unspecified atom stereocenters. The second-order valence-corrected chi connectivity index (χ2v) is 4.81. The highest BCUT2D eigenvalue weighted by molar-refractivity contribution is 5.85. The minimum atomic E-state index is 0.587. The van der Waals surface area contributed by atoms with E-state index in [-0.39, 0.29) is 0 Å². The zero-order chi connectivity index (χ0) is 11.1. The molecule has 0 amide bonds. The quantitative estimate of drug-likeness (QED) is 0.712. The standard InChI is InChI=1S/C14H18N2/c1-10-9-14-12(7-8-15-10)11-5-3-4-6-13(11)16(14)2/h3-6,10,15H,7-9H2,1-2H3. The van der Waals surface area contributed by atoms with E-state index in [1.54, 1.807) is 5.56 Å². The summed E-state index contributed by atoms with van der Waals surface area (Å²) in [6, 6.07) is 9.34. The lowest BCUT2D eigenvalue weighted by Gasteiger charge is -2.10. The highest BCUT2D eigenvalue weighted by atomic mass is 15.0. The van der Waals surface area contributed by atoms with Gasteiger partial charge in [-0.2, -0.15) is 0 Å². The fourth-order valence-corrected chi connectivity index (χ4v) is 2.87. The minimum absolute atomic E-state index is 0.587. The molecule has 2 heterocycles. The average molecular weight is 214 g/mol. The van der Waals surface area contributed by atoms with E-state index in [9.17, 15) is 0 Å². The Morgan fingerprint density at radius 2 is 2.12 bits per heavy atom. The Morgan fingerprint density at radius 1 is 1.31 bits per heavy atom. The molecule has 0 radical (unpaired) electrons. The Hall–Kier alpha value is -1.28. The number of rotatable bonds is 0. The first-order chi connectivity index (χ1) is 7.77. The summed E-state index contributed by atoms with van der Waals surface area (Å²) in [5, 5.41) is 5.00. The van der Waals surface area contributed by atoms with E-state index in [1.165, 1.54) is 16.6 Å². The molecule has 0 saturated carbocycles. The molecule has 1 aliphatic rings. The maximum absolute atomic E-state index is 3.56. The predicted octanol–water partition coefficient (Wildman–Crippen LogP) is 2.25. The summed E-state index contributed by atoms with van der Waals surface area (Å²) in [7, 11) is 2.19. The van der Waals surface area contributed by atoms with Crippen molar-refractivity contribution >= 4 is 10.9 Å². The highest BCUT2D eigenvalue weighted by Crippen LogP contribution is 2.27. The lowest BCUT2D eigenvalue weighted by molar-refractivity contribution is 0.559. The lowest BCUT2D eigenvalue weighted by Crippen LogP contribution is -2.27. The Bertz CT molecular complexity index is 525. The summed E-state index contributed by atoms with van der Waals surface area (Å²) in [5.74, 6) is 0. The molecule has 0 saturated heterocycles. The van der Waals surface area contributed by atoms with Gasteiger partial charge in [-0.05, 0) is 31.5 Å². The van der Waals surface area contributed by atoms with Crippen molar-refractivity contribution in [3.8, 4) is 0 Å². The van der Waals surface area contributed by atoms with Crippen molar-refractivity contribution in [3.05, 3.63) is 35.5 Å². The van der Waals surface area contributed by atoms with Crippen LogP contribution in [0.5, 0.6) is 0 Å². The molecule has 1 aliphatic heterocycles. The van der Waals surface area contributed by atoms with Crippen LogP contribution in [-0.2, 0) is 19.9 Å². The van der Waals surface area contributed by atoms with E-state index >= 15 is 0 Å². The van der Waals surface area contributed by atoms with Crippen molar-refractivity contribution in [2.45, 2.75) is 25.8 Å². The van der Waals surface area contributed by atoms with Crippen molar-refractivity contribution in [2.24, 2.45) is 7.05 Å². The van der Waals surface area contributed by atoms with Crippen LogP contribution in [0.4, 0.5) is 0 Å². The molecule has 1 atom stereocenters. The monoisotopic (exact) mass is 214 g/mol. The Kier molecular flexibility index (Phi) is 2.25. The van der Waals surface area contributed by atoms with E-state index in [1.807, 2.05) is 0 Å². The van der Waals surface area contributed by atoms with Crippen LogP contribution in [0.1, 0.15) is 18.2 Å². The predicted molar refractivity (Wildman–Crippen MR) is 67.8 cm³/mol. The van der Waals surface area contributed by atoms with Crippen LogP contribution in [0, 0.1) is 0 Å². The SMILES string of the molecule is CC1Cc2c(c3ccccc3n2C)CCN1. The number of hydrogen-bond acceptors (Lipinski definition) is 1. The number of para-hydroxylation sites is 1. The molecule has 1 N–H and O–H groups in total. The molecule has 84 valence electrons. The number of aromatic nitrogens is 1. The zero-order valence-corrected chi connectivity index (χ0v) is 9.96. The summed E-state index contributed by atoms with van der Waals surface area (Å²) in [6.45, 7) is 3.37. The van der Waals surface area contributed by atoms with Gasteiger partial charge in [-0.1, -0.05) is 18.2 Å². The lowest BCUT2D eigenvalue weighted by atomic mass is 10.1. The third-order valence-electron chi connectivity index (χ3n) is 3.71. The van der Waals surface area contributed by atoms with Gasteiger partial charge in [0.2, 0.25) is 0 Å². The average Bonchev–Trinajstić information content (AvgIpc) is 2.47. The highest BCUT2D eigenvalue weighted by Gasteiger charge is 2.19. The molecule has 2 heteroatoms. The van der Waals surface area contributed by atoms with Gasteiger partial charge >= 0.3 is 0 Å². The third kappa shape index (κ3) is 1.37. The van der Waals surface area contributed by atoms with Crippen LogP contribution in [-0.4, -0.2) is 17.2 Å². The first-order valence-corrected chi connectivity index (χ1v) is 6.06. The number of hydrogen-bond donors (Lipinski definition) is 1. The smallest absolute Gasteiger partial charge is 0.0482 e. The maximum atomic E-state index is 3.56. The minimum Gasteiger partial charge on any atom is -0.347 e. The summed E-state index contributed by atoms with van der Waals surface area (Å²) < 4.78 is 2.37. The summed E-state index contributed by atoms with van der Waals surface area (Å²) in [5.41, 5.74) is 4.44. The summed E-state index contributed by atoms with van der Waals surface area (Å²) in [4.78, 5) is 0. The largest absolute Gasteiger partial charge is 0.347 e. The first kappa shape index (κ1) is 9.91. The fraction of sp³-hybridized carbons (Fsp3) is 0.429. The molecule has 0 spiro atoms. The molecule has 1 aromatic heterocycles. The molecule has 0 bridgehead atoms. The summed E-state index contributed by atoms with van der Waals surface area (Å²) >= 11 is 0. The van der Waals surface area contributed by atoms with Gasteiger partial charge in [0.05, 0.1) is 0 Å². The third-order valence-corrected chi connectivity index (χ3v) is 3.71. The van der Waals surface area contributed by atoms with Crippen molar-refractivity contribution in [2.75, 3.05) is 6.54 Å². The van der Waals surface area contributed by atoms with Gasteiger partial charge in [0.1, 0.15) is 0 Å².